The number of benzene rings is 1. The lowest BCUT2D eigenvalue weighted by molar-refractivity contribution is -0.147. The van der Waals surface area contributed by atoms with E-state index in [1.807, 2.05) is 12.1 Å². The summed E-state index contributed by atoms with van der Waals surface area (Å²) in [6.45, 7) is 5.70. The molecule has 0 radical (unpaired) electrons. The smallest absolute Gasteiger partial charge is 0.417 e. The molecule has 6 nitrogen and oxygen atoms in total. The predicted molar refractivity (Wildman–Crippen MR) is 109 cm³/mol. The summed E-state index contributed by atoms with van der Waals surface area (Å²) in [6, 6.07) is 8.14. The van der Waals surface area contributed by atoms with Crippen molar-refractivity contribution in [2.75, 3.05) is 18.5 Å². The van der Waals surface area contributed by atoms with Crippen molar-refractivity contribution in [1.29, 1.82) is 0 Å². The molecule has 1 heterocycles. The zero-order valence-electron chi connectivity index (χ0n) is 17.2. The molecular formula is C21H22ClF3N2O4. The molecule has 0 fully saturated rings. The Bertz CT molecular complexity index is 926. The number of alkyl halides is 3. The topological polar surface area (TPSA) is 77.5 Å². The highest BCUT2D eigenvalue weighted by atomic mass is 35.5. The van der Waals surface area contributed by atoms with Crippen molar-refractivity contribution in [2.24, 2.45) is 0 Å². The molecule has 168 valence electrons. The molecule has 10 heteroatoms. The first-order valence-corrected chi connectivity index (χ1v) is 9.65. The molecular weight excluding hydrogens is 437 g/mol. The van der Waals surface area contributed by atoms with Crippen LogP contribution in [0.15, 0.2) is 36.5 Å². The summed E-state index contributed by atoms with van der Waals surface area (Å²) in [5, 5.41) is 1.80. The standard InChI is InChI=1S/C21H22ClF3N2O4/c1-20(2,3)13-4-6-15(7-5-13)30-9-8-18(29)31-12-17(28)27-19-16(22)10-14(11-26-19)21(23,24)25/h4-7,10-11H,8-9,12H2,1-3H3,(H,26,27,28). The minimum atomic E-state index is -4.61. The summed E-state index contributed by atoms with van der Waals surface area (Å²) in [7, 11) is 0. The lowest BCUT2D eigenvalue weighted by Gasteiger charge is -2.19. The first kappa shape index (κ1) is 24.5. The lowest BCUT2D eigenvalue weighted by Crippen LogP contribution is -2.22. The van der Waals surface area contributed by atoms with E-state index in [-0.39, 0.29) is 29.3 Å². The molecule has 0 bridgehead atoms. The number of ether oxygens (including phenoxy) is 2. The first-order valence-electron chi connectivity index (χ1n) is 9.28. The van der Waals surface area contributed by atoms with Crippen LogP contribution in [-0.2, 0) is 25.9 Å². The molecule has 1 N–H and O–H groups in total. The van der Waals surface area contributed by atoms with Gasteiger partial charge in [0.25, 0.3) is 5.91 Å². The highest BCUT2D eigenvalue weighted by Crippen LogP contribution is 2.32. The van der Waals surface area contributed by atoms with E-state index >= 15 is 0 Å². The minimum absolute atomic E-state index is 0.0169. The number of hydrogen-bond donors (Lipinski definition) is 1. The molecule has 1 aromatic carbocycles. The van der Waals surface area contributed by atoms with Crippen LogP contribution in [0, 0.1) is 0 Å². The Morgan fingerprint density at radius 1 is 1.10 bits per heavy atom. The molecule has 0 aliphatic heterocycles. The van der Waals surface area contributed by atoms with Gasteiger partial charge in [-0.3, -0.25) is 9.59 Å². The molecule has 0 unspecified atom stereocenters. The summed E-state index contributed by atoms with van der Waals surface area (Å²) in [5.41, 5.74) is 0.117. The molecule has 2 rings (SSSR count). The molecule has 0 spiro atoms. The van der Waals surface area contributed by atoms with Crippen LogP contribution in [0.3, 0.4) is 0 Å². The van der Waals surface area contributed by atoms with Gasteiger partial charge in [-0.15, -0.1) is 0 Å². The number of hydrogen-bond acceptors (Lipinski definition) is 5. The summed E-state index contributed by atoms with van der Waals surface area (Å²) < 4.78 is 48.1. The number of nitrogens with one attached hydrogen (secondary N) is 1. The quantitative estimate of drug-likeness (QED) is 0.591. The van der Waals surface area contributed by atoms with Crippen LogP contribution in [-0.4, -0.2) is 30.1 Å². The number of pyridine rings is 1. The normalized spacial score (nSPS) is 11.7. The molecule has 0 aliphatic carbocycles. The van der Waals surface area contributed by atoms with E-state index in [0.29, 0.717) is 18.0 Å². The van der Waals surface area contributed by atoms with Crippen molar-refractivity contribution in [1.82, 2.24) is 4.98 Å². The average Bonchev–Trinajstić information content (AvgIpc) is 2.67. The molecule has 1 aromatic heterocycles. The van der Waals surface area contributed by atoms with Crippen LogP contribution in [0.25, 0.3) is 0 Å². The fourth-order valence-corrected chi connectivity index (χ4v) is 2.59. The number of halogens is 4. The van der Waals surface area contributed by atoms with Gasteiger partial charge in [-0.1, -0.05) is 44.5 Å². The maximum absolute atomic E-state index is 12.6. The van der Waals surface area contributed by atoms with Gasteiger partial charge < -0.3 is 14.8 Å². The average molecular weight is 459 g/mol. The maximum Gasteiger partial charge on any atom is 0.417 e. The Morgan fingerprint density at radius 2 is 1.74 bits per heavy atom. The fraction of sp³-hybridized carbons (Fsp3) is 0.381. The van der Waals surface area contributed by atoms with Crippen molar-refractivity contribution >= 4 is 29.3 Å². The molecule has 0 saturated carbocycles. The van der Waals surface area contributed by atoms with Crippen molar-refractivity contribution in [2.45, 2.75) is 38.8 Å². The number of nitrogens with zero attached hydrogens (tertiary/aromatic N) is 1. The minimum Gasteiger partial charge on any atom is -0.493 e. The Kier molecular flexibility index (Phi) is 7.89. The second-order valence-electron chi connectivity index (χ2n) is 7.63. The van der Waals surface area contributed by atoms with Gasteiger partial charge >= 0.3 is 12.1 Å². The van der Waals surface area contributed by atoms with Crippen LogP contribution in [0.2, 0.25) is 5.02 Å². The Balaban J connectivity index is 1.74. The van der Waals surface area contributed by atoms with Gasteiger partial charge in [0, 0.05) is 6.20 Å². The molecule has 0 atom stereocenters. The second-order valence-corrected chi connectivity index (χ2v) is 8.04. The number of amides is 1. The molecule has 2 aromatic rings. The summed E-state index contributed by atoms with van der Waals surface area (Å²) in [6.07, 6.45) is -4.15. The summed E-state index contributed by atoms with van der Waals surface area (Å²) in [5.74, 6) is -1.13. The first-order chi connectivity index (χ1) is 14.4. The van der Waals surface area contributed by atoms with E-state index in [0.717, 1.165) is 5.56 Å². The molecule has 0 aliphatic rings. The zero-order valence-corrected chi connectivity index (χ0v) is 17.9. The van der Waals surface area contributed by atoms with E-state index in [1.165, 1.54) is 0 Å². The van der Waals surface area contributed by atoms with Crippen LogP contribution < -0.4 is 10.1 Å². The van der Waals surface area contributed by atoms with Crippen molar-refractivity contribution in [3.05, 3.63) is 52.7 Å². The van der Waals surface area contributed by atoms with Gasteiger partial charge in [0.15, 0.2) is 12.4 Å². The number of rotatable bonds is 7. The van der Waals surface area contributed by atoms with Crippen LogP contribution in [0.4, 0.5) is 19.0 Å². The number of carbonyl (C=O) groups excluding carboxylic acids is 2. The van der Waals surface area contributed by atoms with Crippen molar-refractivity contribution in [3.8, 4) is 5.75 Å². The molecule has 31 heavy (non-hydrogen) atoms. The fourth-order valence-electron chi connectivity index (χ4n) is 2.37. The van der Waals surface area contributed by atoms with Crippen LogP contribution in [0.1, 0.15) is 38.3 Å². The highest BCUT2D eigenvalue weighted by Gasteiger charge is 2.31. The third-order valence-electron chi connectivity index (χ3n) is 4.09. The van der Waals surface area contributed by atoms with Gasteiger partial charge in [-0.2, -0.15) is 13.2 Å². The maximum atomic E-state index is 12.6. The highest BCUT2D eigenvalue weighted by molar-refractivity contribution is 6.33. The van der Waals surface area contributed by atoms with Gasteiger partial charge in [0.05, 0.1) is 23.6 Å². The summed E-state index contributed by atoms with van der Waals surface area (Å²) in [4.78, 5) is 27.0. The van der Waals surface area contributed by atoms with Gasteiger partial charge in [0.1, 0.15) is 5.75 Å². The van der Waals surface area contributed by atoms with Crippen LogP contribution in [0.5, 0.6) is 5.75 Å². The molecule has 0 saturated heterocycles. The van der Waals surface area contributed by atoms with Gasteiger partial charge in [-0.05, 0) is 29.2 Å². The Hall–Kier alpha value is -2.81. The number of aromatic nitrogens is 1. The second kappa shape index (κ2) is 10.00. The van der Waals surface area contributed by atoms with E-state index in [9.17, 15) is 22.8 Å². The van der Waals surface area contributed by atoms with E-state index in [2.05, 4.69) is 31.1 Å². The van der Waals surface area contributed by atoms with Crippen molar-refractivity contribution < 1.29 is 32.2 Å². The third-order valence-corrected chi connectivity index (χ3v) is 4.37. The van der Waals surface area contributed by atoms with Crippen LogP contribution >= 0.6 is 11.6 Å². The van der Waals surface area contributed by atoms with E-state index in [1.54, 1.807) is 12.1 Å². The summed E-state index contributed by atoms with van der Waals surface area (Å²) >= 11 is 5.70. The largest absolute Gasteiger partial charge is 0.493 e. The number of esters is 1. The Labute approximate surface area is 182 Å². The lowest BCUT2D eigenvalue weighted by atomic mass is 9.87. The third kappa shape index (κ3) is 7.75. The van der Waals surface area contributed by atoms with Crippen molar-refractivity contribution in [3.63, 3.8) is 0 Å². The van der Waals surface area contributed by atoms with E-state index in [4.69, 9.17) is 21.1 Å². The van der Waals surface area contributed by atoms with Gasteiger partial charge in [-0.25, -0.2) is 4.98 Å². The van der Waals surface area contributed by atoms with Gasteiger partial charge in [0.2, 0.25) is 0 Å². The number of anilines is 1. The molecule has 1 amide bonds. The number of carbonyl (C=O) groups is 2. The predicted octanol–water partition coefficient (Wildman–Crippen LogP) is 5.00. The monoisotopic (exact) mass is 458 g/mol. The van der Waals surface area contributed by atoms with E-state index < -0.39 is 30.2 Å². The zero-order chi connectivity index (χ0) is 23.2. The Morgan fingerprint density at radius 3 is 2.29 bits per heavy atom. The SMILES string of the molecule is CC(C)(C)c1ccc(OCCC(=O)OCC(=O)Nc2ncc(C(F)(F)F)cc2Cl)cc1.